The molecule has 27 heavy (non-hydrogen) atoms. The largest absolute Gasteiger partial charge is 0.495 e. The monoisotopic (exact) mass is 390 g/mol. The Bertz CT molecular complexity index is 981. The molecule has 0 aromatic heterocycles. The molecule has 0 atom stereocenters. The Morgan fingerprint density at radius 1 is 1.11 bits per heavy atom. The Labute approximate surface area is 156 Å². The SMILES string of the molecule is COc1ccc(NC(C)=O)cc1NS(=O)(=O)c1ccc(/C=C/C(=O)O)cc1. The predicted molar refractivity (Wildman–Crippen MR) is 101 cm³/mol. The van der Waals surface area contributed by atoms with Crippen LogP contribution in [-0.2, 0) is 19.6 Å². The van der Waals surface area contributed by atoms with Gasteiger partial charge < -0.3 is 15.2 Å². The lowest BCUT2D eigenvalue weighted by Gasteiger charge is -2.14. The fourth-order valence-corrected chi connectivity index (χ4v) is 3.26. The van der Waals surface area contributed by atoms with Gasteiger partial charge in [-0.25, -0.2) is 13.2 Å². The standard InChI is InChI=1S/C18H18N2O6S/c1-12(21)19-14-6-9-17(26-2)16(11-14)20-27(24,25)15-7-3-13(4-8-15)5-10-18(22)23/h3-11,20H,1-2H3,(H,19,21)(H,22,23)/b10-5+. The molecular weight excluding hydrogens is 372 g/mol. The van der Waals surface area contributed by atoms with Crippen LogP contribution in [0.15, 0.2) is 53.4 Å². The van der Waals surface area contributed by atoms with Gasteiger partial charge in [-0.1, -0.05) is 12.1 Å². The second-order valence-electron chi connectivity index (χ2n) is 5.44. The van der Waals surface area contributed by atoms with Crippen molar-refractivity contribution in [3.63, 3.8) is 0 Å². The number of sulfonamides is 1. The lowest BCUT2D eigenvalue weighted by atomic mass is 10.2. The molecule has 1 amide bonds. The quantitative estimate of drug-likeness (QED) is 0.625. The summed E-state index contributed by atoms with van der Waals surface area (Å²) in [6.45, 7) is 1.34. The van der Waals surface area contributed by atoms with Crippen LogP contribution in [0.2, 0.25) is 0 Å². The molecule has 0 aliphatic heterocycles. The van der Waals surface area contributed by atoms with Gasteiger partial charge in [-0.05, 0) is 42.0 Å². The Balaban J connectivity index is 2.29. The van der Waals surface area contributed by atoms with Crippen LogP contribution in [0.4, 0.5) is 11.4 Å². The fourth-order valence-electron chi connectivity index (χ4n) is 2.20. The van der Waals surface area contributed by atoms with Gasteiger partial charge in [0, 0.05) is 18.7 Å². The molecular formula is C18H18N2O6S. The first kappa shape index (κ1) is 20.0. The minimum absolute atomic E-state index is 0.0121. The van der Waals surface area contributed by atoms with Gasteiger partial charge in [0.2, 0.25) is 5.91 Å². The van der Waals surface area contributed by atoms with Crippen molar-refractivity contribution in [1.29, 1.82) is 0 Å². The molecule has 0 radical (unpaired) electrons. The first-order valence-electron chi connectivity index (χ1n) is 7.71. The van der Waals surface area contributed by atoms with Crippen LogP contribution in [0.3, 0.4) is 0 Å². The lowest BCUT2D eigenvalue weighted by Crippen LogP contribution is -2.14. The summed E-state index contributed by atoms with van der Waals surface area (Å²) in [6, 6.07) is 10.2. The summed E-state index contributed by atoms with van der Waals surface area (Å²) in [5, 5.41) is 11.2. The molecule has 0 aliphatic carbocycles. The molecule has 8 nitrogen and oxygen atoms in total. The average molecular weight is 390 g/mol. The first-order valence-corrected chi connectivity index (χ1v) is 9.19. The highest BCUT2D eigenvalue weighted by Gasteiger charge is 2.17. The minimum atomic E-state index is -3.92. The Morgan fingerprint density at radius 2 is 1.78 bits per heavy atom. The van der Waals surface area contributed by atoms with Crippen LogP contribution in [-0.4, -0.2) is 32.5 Å². The van der Waals surface area contributed by atoms with Gasteiger partial charge >= 0.3 is 5.97 Å². The Morgan fingerprint density at radius 3 is 2.33 bits per heavy atom. The number of methoxy groups -OCH3 is 1. The van der Waals surface area contributed by atoms with Gasteiger partial charge in [0.25, 0.3) is 10.0 Å². The van der Waals surface area contributed by atoms with Gasteiger partial charge in [0.1, 0.15) is 5.75 Å². The predicted octanol–water partition coefficient (Wildman–Crippen LogP) is 2.55. The van der Waals surface area contributed by atoms with E-state index in [0.29, 0.717) is 11.3 Å². The molecule has 0 aliphatic rings. The number of nitrogens with one attached hydrogen (secondary N) is 2. The highest BCUT2D eigenvalue weighted by molar-refractivity contribution is 7.92. The van der Waals surface area contributed by atoms with Crippen LogP contribution in [0.25, 0.3) is 6.08 Å². The number of carbonyl (C=O) groups is 2. The molecule has 0 saturated carbocycles. The molecule has 0 bridgehead atoms. The zero-order valence-corrected chi connectivity index (χ0v) is 15.4. The summed E-state index contributed by atoms with van der Waals surface area (Å²) in [7, 11) is -2.52. The molecule has 0 spiro atoms. The molecule has 2 aromatic carbocycles. The summed E-state index contributed by atoms with van der Waals surface area (Å²) in [6.07, 6.45) is 2.31. The second-order valence-corrected chi connectivity index (χ2v) is 7.12. The maximum absolute atomic E-state index is 12.6. The summed E-state index contributed by atoms with van der Waals surface area (Å²) in [5.41, 5.74) is 1.12. The summed E-state index contributed by atoms with van der Waals surface area (Å²) >= 11 is 0. The van der Waals surface area contributed by atoms with Gasteiger partial charge in [-0.15, -0.1) is 0 Å². The molecule has 9 heteroatoms. The van der Waals surface area contributed by atoms with Crippen LogP contribution in [0, 0.1) is 0 Å². The van der Waals surface area contributed by atoms with Crippen molar-refractivity contribution in [2.45, 2.75) is 11.8 Å². The van der Waals surface area contributed by atoms with Gasteiger partial charge in [0.05, 0.1) is 17.7 Å². The highest BCUT2D eigenvalue weighted by atomic mass is 32.2. The Kier molecular flexibility index (Phi) is 6.19. The van der Waals surface area contributed by atoms with E-state index in [1.54, 1.807) is 6.07 Å². The Hall–Kier alpha value is -3.33. The highest BCUT2D eigenvalue weighted by Crippen LogP contribution is 2.30. The normalized spacial score (nSPS) is 11.2. The van der Waals surface area contributed by atoms with Crippen LogP contribution < -0.4 is 14.8 Å². The van der Waals surface area contributed by atoms with E-state index in [9.17, 15) is 18.0 Å². The number of ether oxygens (including phenoxy) is 1. The van der Waals surface area contributed by atoms with Crippen molar-refractivity contribution in [3.8, 4) is 5.75 Å². The van der Waals surface area contributed by atoms with Crippen molar-refractivity contribution >= 4 is 39.4 Å². The van der Waals surface area contributed by atoms with E-state index in [0.717, 1.165) is 6.08 Å². The van der Waals surface area contributed by atoms with E-state index in [1.165, 1.54) is 56.5 Å². The lowest BCUT2D eigenvalue weighted by molar-refractivity contribution is -0.131. The number of carboxylic acid groups (broad SMARTS) is 1. The maximum Gasteiger partial charge on any atom is 0.328 e. The van der Waals surface area contributed by atoms with E-state index in [2.05, 4.69) is 10.0 Å². The topological polar surface area (TPSA) is 122 Å². The summed E-state index contributed by atoms with van der Waals surface area (Å²) < 4.78 is 32.8. The van der Waals surface area contributed by atoms with Gasteiger partial charge in [-0.3, -0.25) is 9.52 Å². The van der Waals surface area contributed by atoms with Crippen molar-refractivity contribution < 1.29 is 27.9 Å². The number of benzene rings is 2. The van der Waals surface area contributed by atoms with Crippen molar-refractivity contribution in [3.05, 3.63) is 54.1 Å². The molecule has 142 valence electrons. The summed E-state index contributed by atoms with van der Waals surface area (Å²) in [5.74, 6) is -1.10. The third-order valence-corrected chi connectivity index (χ3v) is 4.75. The van der Waals surface area contributed by atoms with Crippen LogP contribution in [0.5, 0.6) is 5.75 Å². The maximum atomic E-state index is 12.6. The van der Waals surface area contributed by atoms with E-state index in [1.807, 2.05) is 0 Å². The van der Waals surface area contributed by atoms with Crippen molar-refractivity contribution in [2.24, 2.45) is 0 Å². The first-order chi connectivity index (χ1) is 12.7. The zero-order chi connectivity index (χ0) is 20.0. The molecule has 0 saturated heterocycles. The number of hydrogen-bond acceptors (Lipinski definition) is 5. The average Bonchev–Trinajstić information content (AvgIpc) is 2.60. The van der Waals surface area contributed by atoms with E-state index < -0.39 is 16.0 Å². The van der Waals surface area contributed by atoms with Gasteiger partial charge in [0.15, 0.2) is 0 Å². The third kappa shape index (κ3) is 5.58. The third-order valence-electron chi connectivity index (χ3n) is 3.37. The number of amides is 1. The molecule has 0 heterocycles. The molecule has 2 rings (SSSR count). The van der Waals surface area contributed by atoms with Crippen LogP contribution >= 0.6 is 0 Å². The zero-order valence-electron chi connectivity index (χ0n) is 14.6. The number of aliphatic carboxylic acids is 1. The number of rotatable bonds is 7. The smallest absolute Gasteiger partial charge is 0.328 e. The van der Waals surface area contributed by atoms with E-state index >= 15 is 0 Å². The molecule has 0 unspecified atom stereocenters. The number of hydrogen-bond donors (Lipinski definition) is 3. The van der Waals surface area contributed by atoms with E-state index in [4.69, 9.17) is 9.84 Å². The molecule has 2 aromatic rings. The number of carbonyl (C=O) groups excluding carboxylic acids is 1. The minimum Gasteiger partial charge on any atom is -0.495 e. The van der Waals surface area contributed by atoms with Crippen molar-refractivity contribution in [2.75, 3.05) is 17.1 Å². The number of anilines is 2. The van der Waals surface area contributed by atoms with Gasteiger partial charge in [-0.2, -0.15) is 0 Å². The van der Waals surface area contributed by atoms with Crippen molar-refractivity contribution in [1.82, 2.24) is 0 Å². The number of carboxylic acids is 1. The molecule has 3 N–H and O–H groups in total. The fraction of sp³-hybridized carbons (Fsp3) is 0.111. The van der Waals surface area contributed by atoms with Crippen LogP contribution in [0.1, 0.15) is 12.5 Å². The van der Waals surface area contributed by atoms with E-state index in [-0.39, 0.29) is 22.2 Å². The summed E-state index contributed by atoms with van der Waals surface area (Å²) in [4.78, 5) is 21.7. The molecule has 0 fully saturated rings. The second kappa shape index (κ2) is 8.37.